The molecule has 0 aliphatic heterocycles. The van der Waals surface area contributed by atoms with Gasteiger partial charge in [0.15, 0.2) is 0 Å². The second kappa shape index (κ2) is 8.70. The van der Waals surface area contributed by atoms with Crippen molar-refractivity contribution in [1.29, 1.82) is 0 Å². The fraction of sp³-hybridized carbons (Fsp3) is 0.500. The lowest BCUT2D eigenvalue weighted by molar-refractivity contribution is -0.267. The van der Waals surface area contributed by atoms with Crippen LogP contribution in [0.3, 0.4) is 0 Å². The van der Waals surface area contributed by atoms with Gasteiger partial charge < -0.3 is 20.5 Å². The van der Waals surface area contributed by atoms with Gasteiger partial charge in [-0.25, -0.2) is 9.59 Å². The van der Waals surface area contributed by atoms with Crippen molar-refractivity contribution in [2.24, 2.45) is 0 Å². The van der Waals surface area contributed by atoms with Crippen LogP contribution in [0.25, 0.3) is 0 Å². The molecule has 140 valence electrons. The summed E-state index contributed by atoms with van der Waals surface area (Å²) in [5, 5.41) is 15.0. The van der Waals surface area contributed by atoms with Crippen LogP contribution in [0, 0.1) is 0 Å². The number of benzene rings is 1. The standard InChI is InChI=1S/C16H21F3N2O4/c1-3-5-10-20-14(23)21-12-8-6-11(7-9-12)15(24,16(17,18)19)13(22)25-4-2/h6-9,24H,3-5,10H2,1-2H3,(H2,20,21,23)/t15-/m1/s1. The quantitative estimate of drug-likeness (QED) is 0.514. The molecule has 0 aliphatic carbocycles. The number of anilines is 1. The van der Waals surface area contributed by atoms with Crippen LogP contribution in [-0.2, 0) is 15.1 Å². The SMILES string of the molecule is CCCCNC(=O)Nc1ccc([C@@](O)(C(=O)OCC)C(F)(F)F)cc1. The molecule has 0 saturated carbocycles. The molecule has 9 heteroatoms. The summed E-state index contributed by atoms with van der Waals surface area (Å²) in [6, 6.07) is 3.63. The molecule has 0 saturated heterocycles. The zero-order valence-corrected chi connectivity index (χ0v) is 13.9. The highest BCUT2D eigenvalue weighted by Gasteiger charge is 2.62. The maximum absolute atomic E-state index is 13.2. The van der Waals surface area contributed by atoms with Gasteiger partial charge in [0.05, 0.1) is 6.61 Å². The first-order valence-electron chi connectivity index (χ1n) is 7.78. The number of carbonyl (C=O) groups is 2. The molecule has 0 heterocycles. The number of esters is 1. The van der Waals surface area contributed by atoms with Gasteiger partial charge in [-0.2, -0.15) is 13.2 Å². The van der Waals surface area contributed by atoms with Gasteiger partial charge >= 0.3 is 18.2 Å². The second-order valence-corrected chi connectivity index (χ2v) is 5.24. The highest BCUT2D eigenvalue weighted by Crippen LogP contribution is 2.40. The number of aliphatic hydroxyl groups is 1. The van der Waals surface area contributed by atoms with Crippen LogP contribution in [0.15, 0.2) is 24.3 Å². The number of alkyl halides is 3. The lowest BCUT2D eigenvalue weighted by Crippen LogP contribution is -2.50. The molecule has 0 bridgehead atoms. The van der Waals surface area contributed by atoms with E-state index < -0.39 is 29.3 Å². The zero-order valence-electron chi connectivity index (χ0n) is 13.9. The van der Waals surface area contributed by atoms with E-state index in [0.29, 0.717) is 6.54 Å². The minimum Gasteiger partial charge on any atom is -0.463 e. The Hall–Kier alpha value is -2.29. The summed E-state index contributed by atoms with van der Waals surface area (Å²) >= 11 is 0. The van der Waals surface area contributed by atoms with E-state index in [0.717, 1.165) is 37.1 Å². The predicted octanol–water partition coefficient (Wildman–Crippen LogP) is 2.92. The lowest BCUT2D eigenvalue weighted by atomic mass is 9.93. The Labute approximate surface area is 143 Å². The van der Waals surface area contributed by atoms with Gasteiger partial charge in [0.2, 0.25) is 0 Å². The average Bonchev–Trinajstić information content (AvgIpc) is 2.54. The van der Waals surface area contributed by atoms with Crippen LogP contribution in [-0.4, -0.2) is 36.4 Å². The van der Waals surface area contributed by atoms with Gasteiger partial charge in [0.1, 0.15) is 0 Å². The number of hydrogen-bond acceptors (Lipinski definition) is 4. The van der Waals surface area contributed by atoms with Crippen molar-refractivity contribution in [1.82, 2.24) is 5.32 Å². The third-order valence-electron chi connectivity index (χ3n) is 3.36. The molecule has 0 spiro atoms. The number of hydrogen-bond donors (Lipinski definition) is 3. The van der Waals surface area contributed by atoms with Crippen molar-refractivity contribution < 1.29 is 32.6 Å². The van der Waals surface area contributed by atoms with Gasteiger partial charge in [-0.3, -0.25) is 0 Å². The molecule has 2 amide bonds. The van der Waals surface area contributed by atoms with Crippen LogP contribution in [0.2, 0.25) is 0 Å². The molecule has 1 aromatic carbocycles. The lowest BCUT2D eigenvalue weighted by Gasteiger charge is -2.28. The van der Waals surface area contributed by atoms with Crippen LogP contribution in [0.1, 0.15) is 32.3 Å². The second-order valence-electron chi connectivity index (χ2n) is 5.24. The Bertz CT molecular complexity index is 590. The van der Waals surface area contributed by atoms with Crippen molar-refractivity contribution in [3.8, 4) is 0 Å². The van der Waals surface area contributed by atoms with Crippen LogP contribution >= 0.6 is 0 Å². The predicted molar refractivity (Wildman–Crippen MR) is 85.0 cm³/mol. The summed E-state index contributed by atoms with van der Waals surface area (Å²) < 4.78 is 44.0. The Kier molecular flexibility index (Phi) is 7.22. The average molecular weight is 362 g/mol. The fourth-order valence-corrected chi connectivity index (χ4v) is 1.98. The maximum atomic E-state index is 13.2. The first kappa shape index (κ1) is 20.8. The van der Waals surface area contributed by atoms with Gasteiger partial charge in [-0.05, 0) is 25.5 Å². The summed E-state index contributed by atoms with van der Waals surface area (Å²) in [4.78, 5) is 23.2. The number of rotatable bonds is 7. The molecule has 0 fully saturated rings. The number of amides is 2. The van der Waals surface area contributed by atoms with E-state index in [1.165, 1.54) is 6.92 Å². The molecule has 3 N–H and O–H groups in total. The molecule has 1 atom stereocenters. The van der Waals surface area contributed by atoms with E-state index >= 15 is 0 Å². The number of urea groups is 1. The van der Waals surface area contributed by atoms with Crippen LogP contribution in [0.5, 0.6) is 0 Å². The van der Waals surface area contributed by atoms with Gasteiger partial charge in [0.25, 0.3) is 5.60 Å². The molecule has 0 unspecified atom stereocenters. The summed E-state index contributed by atoms with van der Waals surface area (Å²) in [5.41, 5.74) is -4.26. The van der Waals surface area contributed by atoms with E-state index in [9.17, 15) is 27.9 Å². The molecule has 25 heavy (non-hydrogen) atoms. The first-order chi connectivity index (χ1) is 11.7. The van der Waals surface area contributed by atoms with Crippen molar-refractivity contribution in [2.45, 2.75) is 38.5 Å². The zero-order chi connectivity index (χ0) is 19.1. The minimum absolute atomic E-state index is 0.214. The van der Waals surface area contributed by atoms with Crippen molar-refractivity contribution in [3.05, 3.63) is 29.8 Å². The monoisotopic (exact) mass is 362 g/mol. The number of nitrogens with one attached hydrogen (secondary N) is 2. The summed E-state index contributed by atoms with van der Waals surface area (Å²) in [6.45, 7) is 3.45. The number of halogens is 3. The van der Waals surface area contributed by atoms with E-state index in [1.54, 1.807) is 0 Å². The van der Waals surface area contributed by atoms with Crippen molar-refractivity contribution in [3.63, 3.8) is 0 Å². The molecule has 1 rings (SSSR count). The largest absolute Gasteiger partial charge is 0.463 e. The smallest absolute Gasteiger partial charge is 0.432 e. The first-order valence-corrected chi connectivity index (χ1v) is 7.78. The Morgan fingerprint density at radius 3 is 2.24 bits per heavy atom. The van der Waals surface area contributed by atoms with Crippen molar-refractivity contribution >= 4 is 17.7 Å². The molecule has 0 radical (unpaired) electrons. The Morgan fingerprint density at radius 2 is 1.76 bits per heavy atom. The highest BCUT2D eigenvalue weighted by molar-refractivity contribution is 5.89. The minimum atomic E-state index is -5.26. The van der Waals surface area contributed by atoms with Gasteiger partial charge in [-0.15, -0.1) is 0 Å². The number of unbranched alkanes of at least 4 members (excludes halogenated alkanes) is 1. The maximum Gasteiger partial charge on any atom is 0.432 e. The van der Waals surface area contributed by atoms with Crippen LogP contribution < -0.4 is 10.6 Å². The van der Waals surface area contributed by atoms with Gasteiger partial charge in [0, 0.05) is 17.8 Å². The summed E-state index contributed by atoms with van der Waals surface area (Å²) in [5.74, 6) is -1.81. The highest BCUT2D eigenvalue weighted by atomic mass is 19.4. The van der Waals surface area contributed by atoms with Gasteiger partial charge in [-0.1, -0.05) is 25.5 Å². The van der Waals surface area contributed by atoms with E-state index in [-0.39, 0.29) is 12.3 Å². The fourth-order valence-electron chi connectivity index (χ4n) is 1.98. The molecule has 1 aromatic rings. The third-order valence-corrected chi connectivity index (χ3v) is 3.36. The topological polar surface area (TPSA) is 87.7 Å². The normalized spacial score (nSPS) is 13.7. The van der Waals surface area contributed by atoms with E-state index in [2.05, 4.69) is 15.4 Å². The Morgan fingerprint density at radius 1 is 1.16 bits per heavy atom. The van der Waals surface area contributed by atoms with E-state index in [4.69, 9.17) is 0 Å². The Balaban J connectivity index is 2.94. The molecule has 0 aliphatic rings. The van der Waals surface area contributed by atoms with Crippen LogP contribution in [0.4, 0.5) is 23.7 Å². The van der Waals surface area contributed by atoms with E-state index in [1.807, 2.05) is 6.92 Å². The van der Waals surface area contributed by atoms with Crippen molar-refractivity contribution in [2.75, 3.05) is 18.5 Å². The number of ether oxygens (including phenoxy) is 1. The molecule has 6 nitrogen and oxygen atoms in total. The molecular weight excluding hydrogens is 341 g/mol. The summed E-state index contributed by atoms with van der Waals surface area (Å²) in [7, 11) is 0. The third kappa shape index (κ3) is 5.09. The summed E-state index contributed by atoms with van der Waals surface area (Å²) in [6.07, 6.45) is -3.56. The number of carbonyl (C=O) groups excluding carboxylic acids is 2. The molecule has 0 aromatic heterocycles. The molecular formula is C16H21F3N2O4.